The Morgan fingerprint density at radius 1 is 1.22 bits per heavy atom. The van der Waals surface area contributed by atoms with Crippen molar-refractivity contribution in [1.29, 1.82) is 0 Å². The number of nitrogens with zero attached hydrogens (tertiary/aromatic N) is 1. The van der Waals surface area contributed by atoms with Gasteiger partial charge in [0.15, 0.2) is 11.6 Å². The number of likely N-dealkylation sites (N-methyl/N-ethyl adjacent to an activating group) is 1. The first-order valence-electron chi connectivity index (χ1n) is 7.57. The van der Waals surface area contributed by atoms with Crippen LogP contribution in [0.2, 0.25) is 0 Å². The molecule has 5 heteroatoms. The Bertz CT molecular complexity index is 631. The van der Waals surface area contributed by atoms with E-state index in [0.717, 1.165) is 16.9 Å². The molecular weight excluding hydrogens is 295 g/mol. The molecule has 0 saturated heterocycles. The van der Waals surface area contributed by atoms with Crippen molar-refractivity contribution in [2.45, 2.75) is 13.0 Å². The van der Waals surface area contributed by atoms with E-state index in [0.29, 0.717) is 6.54 Å². The number of benzene rings is 2. The van der Waals surface area contributed by atoms with Crippen LogP contribution in [0.15, 0.2) is 42.5 Å². The summed E-state index contributed by atoms with van der Waals surface area (Å²) in [5.41, 5.74) is 2.97. The van der Waals surface area contributed by atoms with Crippen molar-refractivity contribution in [3.63, 3.8) is 0 Å². The van der Waals surface area contributed by atoms with E-state index >= 15 is 0 Å². The number of nitrogens with one attached hydrogen (secondary N) is 1. The number of methoxy groups -OCH3 is 1. The van der Waals surface area contributed by atoms with Crippen LogP contribution in [-0.2, 0) is 0 Å². The summed E-state index contributed by atoms with van der Waals surface area (Å²) < 4.78 is 18.5. The molecule has 0 spiro atoms. The Balaban J connectivity index is 2.06. The minimum atomic E-state index is -0.361. The third kappa shape index (κ3) is 4.36. The topological polar surface area (TPSA) is 44.7 Å². The number of hydrogen-bond donors (Lipinski definition) is 2. The lowest BCUT2D eigenvalue weighted by molar-refractivity contribution is 0.304. The van der Waals surface area contributed by atoms with E-state index in [1.54, 1.807) is 12.1 Å². The molecule has 0 fully saturated rings. The zero-order chi connectivity index (χ0) is 16.8. The Hall–Kier alpha value is -2.27. The third-order valence-corrected chi connectivity index (χ3v) is 3.80. The molecule has 23 heavy (non-hydrogen) atoms. The van der Waals surface area contributed by atoms with Gasteiger partial charge < -0.3 is 20.1 Å². The molecule has 1 atom stereocenters. The van der Waals surface area contributed by atoms with Gasteiger partial charge in [0, 0.05) is 31.0 Å². The first-order valence-corrected chi connectivity index (χ1v) is 7.57. The van der Waals surface area contributed by atoms with Crippen molar-refractivity contribution in [3.8, 4) is 5.75 Å². The quantitative estimate of drug-likeness (QED) is 0.821. The Kier molecular flexibility index (Phi) is 5.82. The molecule has 2 aromatic carbocycles. The van der Waals surface area contributed by atoms with Gasteiger partial charge >= 0.3 is 0 Å². The van der Waals surface area contributed by atoms with Crippen LogP contribution in [0.25, 0.3) is 0 Å². The van der Waals surface area contributed by atoms with E-state index in [2.05, 4.69) is 5.32 Å². The fraction of sp³-hybridized carbons (Fsp3) is 0.333. The predicted molar refractivity (Wildman–Crippen MR) is 91.8 cm³/mol. The maximum Gasteiger partial charge on any atom is 0.165 e. The van der Waals surface area contributed by atoms with Gasteiger partial charge in [-0.25, -0.2) is 4.39 Å². The maximum atomic E-state index is 13.5. The lowest BCUT2D eigenvalue weighted by atomic mass is 10.1. The van der Waals surface area contributed by atoms with Gasteiger partial charge in [0.25, 0.3) is 0 Å². The summed E-state index contributed by atoms with van der Waals surface area (Å²) in [5.74, 6) is -0.114. The second-order valence-corrected chi connectivity index (χ2v) is 5.45. The first-order chi connectivity index (χ1) is 11.0. The average molecular weight is 318 g/mol. The van der Waals surface area contributed by atoms with Crippen LogP contribution in [0, 0.1) is 5.82 Å². The molecule has 1 unspecified atom stereocenters. The second-order valence-electron chi connectivity index (χ2n) is 5.45. The number of hydrogen-bond acceptors (Lipinski definition) is 4. The highest BCUT2D eigenvalue weighted by Crippen LogP contribution is 2.26. The Morgan fingerprint density at radius 2 is 1.91 bits per heavy atom. The largest absolute Gasteiger partial charge is 0.494 e. The second kappa shape index (κ2) is 7.83. The molecule has 0 bridgehead atoms. The number of aliphatic hydroxyl groups excluding tert-OH is 1. The van der Waals surface area contributed by atoms with Crippen molar-refractivity contribution < 1.29 is 14.2 Å². The maximum absolute atomic E-state index is 13.5. The summed E-state index contributed by atoms with van der Waals surface area (Å²) in [4.78, 5) is 1.98. The van der Waals surface area contributed by atoms with Gasteiger partial charge in [-0.3, -0.25) is 0 Å². The van der Waals surface area contributed by atoms with Crippen LogP contribution < -0.4 is 15.0 Å². The van der Waals surface area contributed by atoms with Crippen LogP contribution >= 0.6 is 0 Å². The predicted octanol–water partition coefficient (Wildman–Crippen LogP) is 3.44. The average Bonchev–Trinajstić information content (AvgIpc) is 2.56. The van der Waals surface area contributed by atoms with Crippen LogP contribution in [0.1, 0.15) is 18.5 Å². The van der Waals surface area contributed by atoms with Crippen LogP contribution in [0.4, 0.5) is 15.8 Å². The van der Waals surface area contributed by atoms with Gasteiger partial charge in [0.2, 0.25) is 0 Å². The molecule has 0 amide bonds. The van der Waals surface area contributed by atoms with E-state index in [1.165, 1.54) is 13.2 Å². The van der Waals surface area contributed by atoms with Crippen LogP contribution in [-0.4, -0.2) is 32.4 Å². The highest BCUT2D eigenvalue weighted by atomic mass is 19.1. The first kappa shape index (κ1) is 17.1. The molecule has 0 aromatic heterocycles. The van der Waals surface area contributed by atoms with Crippen molar-refractivity contribution in [1.82, 2.24) is 0 Å². The van der Waals surface area contributed by atoms with E-state index in [-0.39, 0.29) is 24.2 Å². The van der Waals surface area contributed by atoms with Gasteiger partial charge in [0.05, 0.1) is 13.7 Å². The summed E-state index contributed by atoms with van der Waals surface area (Å²) in [6.07, 6.45) is 0. The van der Waals surface area contributed by atoms with Crippen molar-refractivity contribution >= 4 is 11.4 Å². The van der Waals surface area contributed by atoms with Crippen molar-refractivity contribution in [3.05, 3.63) is 53.8 Å². The molecule has 0 aliphatic carbocycles. The molecule has 4 nitrogen and oxygen atoms in total. The zero-order valence-electron chi connectivity index (χ0n) is 13.7. The summed E-state index contributed by atoms with van der Waals surface area (Å²) >= 11 is 0. The molecule has 0 heterocycles. The Morgan fingerprint density at radius 3 is 2.52 bits per heavy atom. The highest BCUT2D eigenvalue weighted by Gasteiger charge is 2.10. The van der Waals surface area contributed by atoms with Gasteiger partial charge in [0.1, 0.15) is 0 Å². The number of ether oxygens (including phenoxy) is 1. The number of anilines is 2. The smallest absolute Gasteiger partial charge is 0.165 e. The SMILES string of the molecule is COc1cc(C(C)Nc2ccc(N(C)CCO)cc2)ccc1F. The lowest BCUT2D eigenvalue weighted by Crippen LogP contribution is -2.20. The summed E-state index contributed by atoms with van der Waals surface area (Å²) in [6.45, 7) is 2.73. The highest BCUT2D eigenvalue weighted by molar-refractivity contribution is 5.55. The fourth-order valence-electron chi connectivity index (χ4n) is 2.37. The van der Waals surface area contributed by atoms with E-state index in [4.69, 9.17) is 9.84 Å². The van der Waals surface area contributed by atoms with Crippen molar-refractivity contribution in [2.24, 2.45) is 0 Å². The molecule has 0 aliphatic rings. The molecule has 124 valence electrons. The molecule has 2 aromatic rings. The zero-order valence-corrected chi connectivity index (χ0v) is 13.7. The third-order valence-electron chi connectivity index (χ3n) is 3.80. The van der Waals surface area contributed by atoms with Gasteiger partial charge in [-0.2, -0.15) is 0 Å². The van der Waals surface area contributed by atoms with E-state index in [9.17, 15) is 4.39 Å². The van der Waals surface area contributed by atoms with Crippen molar-refractivity contribution in [2.75, 3.05) is 37.5 Å². The normalized spacial score (nSPS) is 11.9. The number of rotatable bonds is 7. The fourth-order valence-corrected chi connectivity index (χ4v) is 2.37. The van der Waals surface area contributed by atoms with Gasteiger partial charge in [-0.05, 0) is 48.9 Å². The molecule has 2 N–H and O–H groups in total. The minimum absolute atomic E-state index is 0.0190. The lowest BCUT2D eigenvalue weighted by Gasteiger charge is -2.20. The molecule has 0 radical (unpaired) electrons. The molecule has 0 aliphatic heterocycles. The summed E-state index contributed by atoms with van der Waals surface area (Å²) in [5, 5.41) is 12.4. The van der Waals surface area contributed by atoms with Crippen LogP contribution in [0.5, 0.6) is 5.75 Å². The Labute approximate surface area is 136 Å². The number of halogens is 1. The summed E-state index contributed by atoms with van der Waals surface area (Å²) in [6, 6.07) is 12.9. The van der Waals surface area contributed by atoms with Gasteiger partial charge in [-0.15, -0.1) is 0 Å². The molecule has 2 rings (SSSR count). The van der Waals surface area contributed by atoms with Crippen LogP contribution in [0.3, 0.4) is 0 Å². The van der Waals surface area contributed by atoms with E-state index < -0.39 is 0 Å². The monoisotopic (exact) mass is 318 g/mol. The minimum Gasteiger partial charge on any atom is -0.494 e. The standard InChI is InChI=1S/C18H23FN2O2/c1-13(14-4-9-17(19)18(12-14)23-3)20-15-5-7-16(8-6-15)21(2)10-11-22/h4-9,12-13,20,22H,10-11H2,1-3H3. The summed E-state index contributed by atoms with van der Waals surface area (Å²) in [7, 11) is 3.40. The van der Waals surface area contributed by atoms with E-state index in [1.807, 2.05) is 43.1 Å². The number of aliphatic hydroxyl groups is 1. The van der Waals surface area contributed by atoms with Gasteiger partial charge in [-0.1, -0.05) is 6.07 Å². The molecular formula is C18H23FN2O2. The molecule has 0 saturated carbocycles.